The lowest BCUT2D eigenvalue weighted by Crippen LogP contribution is -2.59. The zero-order chi connectivity index (χ0) is 17.2. The van der Waals surface area contributed by atoms with E-state index in [1.165, 1.54) is 12.0 Å². The van der Waals surface area contributed by atoms with Crippen LogP contribution >= 0.6 is 11.6 Å². The summed E-state index contributed by atoms with van der Waals surface area (Å²) in [6.07, 6.45) is 13.9. The van der Waals surface area contributed by atoms with Gasteiger partial charge in [0.2, 0.25) is 0 Å². The summed E-state index contributed by atoms with van der Waals surface area (Å²) in [5.41, 5.74) is 0.261. The minimum atomic E-state index is -1.05. The Labute approximate surface area is 151 Å². The Balaban J connectivity index is 1.72. The summed E-state index contributed by atoms with van der Waals surface area (Å²) in [6, 6.07) is 0. The normalized spacial score (nSPS) is 53.1. The molecule has 0 heterocycles. The Morgan fingerprint density at radius 1 is 1.25 bits per heavy atom. The maximum Gasteiger partial charge on any atom is 0.126 e. The van der Waals surface area contributed by atoms with Crippen LogP contribution in [0.5, 0.6) is 0 Å². The summed E-state index contributed by atoms with van der Waals surface area (Å²) in [6.45, 7) is 7.03. The number of rotatable bonds is 2. The molecule has 24 heavy (non-hydrogen) atoms. The van der Waals surface area contributed by atoms with Crippen molar-refractivity contribution in [2.45, 2.75) is 71.4 Å². The average Bonchev–Trinajstić information content (AvgIpc) is 2.80. The SMILES string of the molecule is C[C@H]1C[C@H]2[C@@H]3CCC4=CCC=C[C@]4(C)[C@@]3(F)CC[C@]2(C)[C@H]1CCCl. The Morgan fingerprint density at radius 2 is 2.04 bits per heavy atom. The highest BCUT2D eigenvalue weighted by Crippen LogP contribution is 2.70. The van der Waals surface area contributed by atoms with Crippen LogP contribution in [0.2, 0.25) is 0 Å². The van der Waals surface area contributed by atoms with Crippen molar-refractivity contribution in [3.63, 3.8) is 0 Å². The second kappa shape index (κ2) is 5.60. The predicted octanol–water partition coefficient (Wildman–Crippen LogP) is 6.70. The Bertz CT molecular complexity index is 581. The second-order valence-electron chi connectivity index (χ2n) is 9.49. The number of hydrogen-bond acceptors (Lipinski definition) is 0. The zero-order valence-electron chi connectivity index (χ0n) is 15.5. The van der Waals surface area contributed by atoms with Crippen LogP contribution in [-0.4, -0.2) is 11.5 Å². The van der Waals surface area contributed by atoms with Crippen LogP contribution in [0.1, 0.15) is 65.7 Å². The molecule has 4 rings (SSSR count). The summed E-state index contributed by atoms with van der Waals surface area (Å²) < 4.78 is 16.7. The third kappa shape index (κ3) is 2.03. The van der Waals surface area contributed by atoms with Crippen LogP contribution in [0.15, 0.2) is 23.8 Å². The highest BCUT2D eigenvalue weighted by molar-refractivity contribution is 6.17. The topological polar surface area (TPSA) is 0 Å². The smallest absolute Gasteiger partial charge is 0.126 e. The van der Waals surface area contributed by atoms with Crippen LogP contribution in [0, 0.1) is 34.5 Å². The van der Waals surface area contributed by atoms with Crippen LogP contribution in [0.3, 0.4) is 0 Å². The first-order chi connectivity index (χ1) is 11.4. The number of hydrogen-bond donors (Lipinski definition) is 0. The van der Waals surface area contributed by atoms with Crippen LogP contribution in [0.4, 0.5) is 4.39 Å². The van der Waals surface area contributed by atoms with Crippen molar-refractivity contribution in [1.29, 1.82) is 0 Å². The molecule has 0 aliphatic heterocycles. The van der Waals surface area contributed by atoms with Gasteiger partial charge in [0.1, 0.15) is 5.67 Å². The second-order valence-corrected chi connectivity index (χ2v) is 9.86. The lowest BCUT2D eigenvalue weighted by Gasteiger charge is -2.60. The summed E-state index contributed by atoms with van der Waals surface area (Å²) in [4.78, 5) is 0. The Hall–Kier alpha value is -0.300. The lowest BCUT2D eigenvalue weighted by atomic mass is 9.46. The van der Waals surface area contributed by atoms with E-state index in [0.29, 0.717) is 23.2 Å². The molecule has 7 atom stereocenters. The number of fused-ring (bicyclic) bond motifs is 5. The van der Waals surface area contributed by atoms with Gasteiger partial charge in [0.25, 0.3) is 0 Å². The molecule has 0 bridgehead atoms. The van der Waals surface area contributed by atoms with Gasteiger partial charge in [-0.05, 0) is 81.0 Å². The van der Waals surface area contributed by atoms with Gasteiger partial charge < -0.3 is 0 Å². The van der Waals surface area contributed by atoms with E-state index in [2.05, 4.69) is 39.0 Å². The number of alkyl halides is 2. The van der Waals surface area contributed by atoms with Gasteiger partial charge in [0, 0.05) is 11.3 Å². The molecule has 3 fully saturated rings. The molecule has 0 nitrogen and oxygen atoms in total. The largest absolute Gasteiger partial charge is 0.242 e. The summed E-state index contributed by atoms with van der Waals surface area (Å²) in [7, 11) is 0. The van der Waals surface area contributed by atoms with Gasteiger partial charge in [-0.3, -0.25) is 0 Å². The molecule has 4 aliphatic rings. The van der Waals surface area contributed by atoms with Crippen LogP contribution in [0.25, 0.3) is 0 Å². The third-order valence-electron chi connectivity index (χ3n) is 8.73. The van der Waals surface area contributed by atoms with E-state index >= 15 is 4.39 Å². The highest BCUT2D eigenvalue weighted by atomic mass is 35.5. The fourth-order valence-corrected chi connectivity index (χ4v) is 7.66. The molecule has 0 radical (unpaired) electrons. The minimum absolute atomic E-state index is 0.226. The summed E-state index contributed by atoms with van der Waals surface area (Å²) in [5, 5.41) is 0. The van der Waals surface area contributed by atoms with E-state index in [0.717, 1.165) is 44.4 Å². The first-order valence-electron chi connectivity index (χ1n) is 9.99. The fourth-order valence-electron chi connectivity index (χ4n) is 7.43. The van der Waals surface area contributed by atoms with E-state index in [1.807, 2.05) is 0 Å². The Morgan fingerprint density at radius 3 is 2.79 bits per heavy atom. The summed E-state index contributed by atoms with van der Waals surface area (Å²) in [5.74, 6) is 2.87. The van der Waals surface area contributed by atoms with Crippen molar-refractivity contribution < 1.29 is 4.39 Å². The molecule has 4 aliphatic carbocycles. The van der Waals surface area contributed by atoms with Crippen molar-refractivity contribution in [1.82, 2.24) is 0 Å². The average molecular weight is 351 g/mol. The molecule has 0 amide bonds. The van der Waals surface area contributed by atoms with Crippen molar-refractivity contribution in [2.75, 3.05) is 5.88 Å². The monoisotopic (exact) mass is 350 g/mol. The van der Waals surface area contributed by atoms with E-state index in [9.17, 15) is 0 Å². The van der Waals surface area contributed by atoms with Crippen molar-refractivity contribution in [2.24, 2.45) is 34.5 Å². The van der Waals surface area contributed by atoms with E-state index in [1.54, 1.807) is 0 Å². The fraction of sp³-hybridized carbons (Fsp3) is 0.818. The maximum absolute atomic E-state index is 16.7. The molecule has 0 spiro atoms. The van der Waals surface area contributed by atoms with Gasteiger partial charge >= 0.3 is 0 Å². The Kier molecular flexibility index (Phi) is 4.00. The molecule has 0 N–H and O–H groups in total. The molecule has 3 saturated carbocycles. The molecular formula is C22H32ClF. The van der Waals surface area contributed by atoms with Gasteiger partial charge in [-0.2, -0.15) is 0 Å². The number of allylic oxidation sites excluding steroid dienone is 4. The maximum atomic E-state index is 16.7. The quantitative estimate of drug-likeness (QED) is 0.384. The predicted molar refractivity (Wildman–Crippen MR) is 99.9 cm³/mol. The van der Waals surface area contributed by atoms with E-state index < -0.39 is 5.67 Å². The van der Waals surface area contributed by atoms with Gasteiger partial charge in [0.05, 0.1) is 0 Å². The standard InChI is InChI=1S/C22H32ClF/c1-15-14-19-18-8-7-16-6-4-5-10-21(16,3)22(18,24)12-11-20(19,2)17(15)9-13-23/h5-6,10,15,17-19H,4,7-9,11-14H2,1-3H3/t15-,17-,18-,19-,20+,21-,22+/m0/s1. The molecule has 134 valence electrons. The van der Waals surface area contributed by atoms with Crippen LogP contribution < -0.4 is 0 Å². The van der Waals surface area contributed by atoms with E-state index in [-0.39, 0.29) is 11.3 Å². The molecule has 0 saturated heterocycles. The first-order valence-corrected chi connectivity index (χ1v) is 10.5. The first kappa shape index (κ1) is 17.1. The molecular weight excluding hydrogens is 319 g/mol. The van der Waals surface area contributed by atoms with Gasteiger partial charge in [0.15, 0.2) is 0 Å². The van der Waals surface area contributed by atoms with Gasteiger partial charge in [-0.15, -0.1) is 11.6 Å². The lowest BCUT2D eigenvalue weighted by molar-refractivity contribution is -0.126. The molecule has 0 unspecified atom stereocenters. The summed E-state index contributed by atoms with van der Waals surface area (Å²) >= 11 is 6.13. The minimum Gasteiger partial charge on any atom is -0.242 e. The number of halogens is 2. The molecule has 0 aromatic heterocycles. The van der Waals surface area contributed by atoms with Crippen molar-refractivity contribution in [3.8, 4) is 0 Å². The molecule has 0 aromatic carbocycles. The van der Waals surface area contributed by atoms with Gasteiger partial charge in [-0.1, -0.05) is 37.6 Å². The highest BCUT2D eigenvalue weighted by Gasteiger charge is 2.66. The molecule has 0 aromatic rings. The van der Waals surface area contributed by atoms with Gasteiger partial charge in [-0.25, -0.2) is 4.39 Å². The van der Waals surface area contributed by atoms with E-state index in [4.69, 9.17) is 11.6 Å². The third-order valence-corrected chi connectivity index (χ3v) is 8.95. The van der Waals surface area contributed by atoms with Crippen molar-refractivity contribution in [3.05, 3.63) is 23.8 Å². The molecule has 2 heteroatoms. The van der Waals surface area contributed by atoms with Crippen LogP contribution in [-0.2, 0) is 0 Å². The van der Waals surface area contributed by atoms with Crippen molar-refractivity contribution >= 4 is 11.6 Å². The zero-order valence-corrected chi connectivity index (χ0v) is 16.2.